The Kier molecular flexibility index (Phi) is 2.89. The number of anilines is 1. The van der Waals surface area contributed by atoms with Crippen molar-refractivity contribution in [1.29, 1.82) is 0 Å². The van der Waals surface area contributed by atoms with E-state index in [1.54, 1.807) is 6.07 Å². The number of nitrogens with zero attached hydrogens (tertiary/aromatic N) is 2. The first-order valence-electron chi connectivity index (χ1n) is 3.42. The molecule has 0 amide bonds. The van der Waals surface area contributed by atoms with E-state index in [9.17, 15) is 0 Å². The van der Waals surface area contributed by atoms with Crippen molar-refractivity contribution in [2.75, 3.05) is 5.32 Å². The minimum Gasteiger partial charge on any atom is -0.357 e. The smallest absolute Gasteiger partial charge is 0.134 e. The van der Waals surface area contributed by atoms with Crippen LogP contribution in [-0.4, -0.2) is 16.0 Å². The van der Waals surface area contributed by atoms with Crippen molar-refractivity contribution in [2.45, 2.75) is 13.0 Å². The molecule has 0 spiro atoms. The van der Waals surface area contributed by atoms with Crippen LogP contribution in [0.3, 0.4) is 0 Å². The molecule has 1 aromatic rings. The summed E-state index contributed by atoms with van der Waals surface area (Å²) in [6.45, 7) is 1.86. The Balaban J connectivity index is 2.71. The highest BCUT2D eigenvalue weighted by Crippen LogP contribution is 2.08. The molecule has 0 saturated carbocycles. The summed E-state index contributed by atoms with van der Waals surface area (Å²) in [6.07, 6.45) is 6.55. The van der Waals surface area contributed by atoms with Crippen LogP contribution < -0.4 is 5.32 Å². The van der Waals surface area contributed by atoms with Gasteiger partial charge in [0, 0.05) is 6.07 Å². The van der Waals surface area contributed by atoms with Crippen molar-refractivity contribution in [3.05, 3.63) is 17.5 Å². The topological polar surface area (TPSA) is 37.8 Å². The van der Waals surface area contributed by atoms with Crippen molar-refractivity contribution in [1.82, 2.24) is 9.97 Å². The van der Waals surface area contributed by atoms with E-state index in [2.05, 4.69) is 21.2 Å². The predicted molar refractivity (Wildman–Crippen MR) is 49.0 cm³/mol. The summed E-state index contributed by atoms with van der Waals surface area (Å²) in [6, 6.07) is 1.56. The van der Waals surface area contributed by atoms with Gasteiger partial charge in [-0.2, -0.15) is 0 Å². The van der Waals surface area contributed by atoms with Crippen molar-refractivity contribution in [3.63, 3.8) is 0 Å². The third-order valence-corrected chi connectivity index (χ3v) is 1.45. The van der Waals surface area contributed by atoms with Gasteiger partial charge in [-0.15, -0.1) is 6.42 Å². The fraction of sp³-hybridized carbons (Fsp3) is 0.250. The Morgan fingerprint density at radius 3 is 3.00 bits per heavy atom. The van der Waals surface area contributed by atoms with Gasteiger partial charge in [0.25, 0.3) is 0 Å². The van der Waals surface area contributed by atoms with Crippen LogP contribution in [0.15, 0.2) is 12.4 Å². The SMILES string of the molecule is C#CC(C)Nc1cc(Cl)ncn1. The van der Waals surface area contributed by atoms with Crippen molar-refractivity contribution in [2.24, 2.45) is 0 Å². The fourth-order valence-electron chi connectivity index (χ4n) is 0.676. The highest BCUT2D eigenvalue weighted by molar-refractivity contribution is 6.29. The third kappa shape index (κ3) is 2.40. The van der Waals surface area contributed by atoms with Crippen LogP contribution in [0.25, 0.3) is 0 Å². The number of terminal acetylenes is 1. The molecule has 0 aliphatic rings. The number of hydrogen-bond donors (Lipinski definition) is 1. The molecule has 0 radical (unpaired) electrons. The maximum atomic E-state index is 5.63. The lowest BCUT2D eigenvalue weighted by Crippen LogP contribution is -2.13. The van der Waals surface area contributed by atoms with Gasteiger partial charge >= 0.3 is 0 Å². The zero-order valence-corrected chi connectivity index (χ0v) is 7.34. The van der Waals surface area contributed by atoms with E-state index in [0.29, 0.717) is 11.0 Å². The van der Waals surface area contributed by atoms with E-state index in [-0.39, 0.29) is 6.04 Å². The molecule has 0 aliphatic heterocycles. The minimum absolute atomic E-state index is 0.0593. The zero-order valence-electron chi connectivity index (χ0n) is 6.58. The van der Waals surface area contributed by atoms with Gasteiger partial charge in [0.15, 0.2) is 0 Å². The molecule has 0 saturated heterocycles. The standard InChI is InChI=1S/C8H8ClN3/c1-3-6(2)12-8-4-7(9)10-5-11-8/h1,4-6H,2H3,(H,10,11,12). The van der Waals surface area contributed by atoms with Crippen LogP contribution in [0.5, 0.6) is 0 Å². The number of rotatable bonds is 2. The molecule has 1 rings (SSSR count). The molecule has 0 aliphatic carbocycles. The molecular weight excluding hydrogens is 174 g/mol. The first-order valence-corrected chi connectivity index (χ1v) is 3.80. The van der Waals surface area contributed by atoms with Gasteiger partial charge in [-0.25, -0.2) is 9.97 Å². The molecule has 62 valence electrons. The average molecular weight is 182 g/mol. The number of hydrogen-bond acceptors (Lipinski definition) is 3. The predicted octanol–water partition coefficient (Wildman–Crippen LogP) is 1.56. The second kappa shape index (κ2) is 3.93. The quantitative estimate of drug-likeness (QED) is 0.556. The summed E-state index contributed by atoms with van der Waals surface area (Å²) in [5.41, 5.74) is 0. The van der Waals surface area contributed by atoms with E-state index in [1.807, 2.05) is 6.92 Å². The molecule has 1 aromatic heterocycles. The van der Waals surface area contributed by atoms with Crippen LogP contribution in [0.4, 0.5) is 5.82 Å². The fourth-order valence-corrected chi connectivity index (χ4v) is 0.823. The van der Waals surface area contributed by atoms with Gasteiger partial charge in [0.05, 0.1) is 6.04 Å². The molecular formula is C8H8ClN3. The average Bonchev–Trinajstić information content (AvgIpc) is 2.04. The van der Waals surface area contributed by atoms with Crippen LogP contribution >= 0.6 is 11.6 Å². The Morgan fingerprint density at radius 2 is 2.42 bits per heavy atom. The molecule has 0 bridgehead atoms. The normalized spacial score (nSPS) is 11.8. The number of nitrogens with one attached hydrogen (secondary N) is 1. The zero-order chi connectivity index (χ0) is 8.97. The first kappa shape index (κ1) is 8.82. The van der Waals surface area contributed by atoms with Gasteiger partial charge in [-0.05, 0) is 6.92 Å². The largest absolute Gasteiger partial charge is 0.357 e. The Labute approximate surface area is 76.2 Å². The summed E-state index contributed by atoms with van der Waals surface area (Å²) >= 11 is 5.63. The molecule has 1 atom stereocenters. The van der Waals surface area contributed by atoms with Gasteiger partial charge in [-0.3, -0.25) is 0 Å². The van der Waals surface area contributed by atoms with E-state index in [4.69, 9.17) is 18.0 Å². The van der Waals surface area contributed by atoms with Gasteiger partial charge < -0.3 is 5.32 Å². The minimum atomic E-state index is -0.0593. The van der Waals surface area contributed by atoms with Crippen LogP contribution in [0.1, 0.15) is 6.92 Å². The van der Waals surface area contributed by atoms with Crippen molar-refractivity contribution in [3.8, 4) is 12.3 Å². The van der Waals surface area contributed by atoms with Gasteiger partial charge in [-0.1, -0.05) is 17.5 Å². The molecule has 3 nitrogen and oxygen atoms in total. The van der Waals surface area contributed by atoms with Crippen LogP contribution in [0, 0.1) is 12.3 Å². The van der Waals surface area contributed by atoms with Crippen LogP contribution in [-0.2, 0) is 0 Å². The molecule has 12 heavy (non-hydrogen) atoms. The van der Waals surface area contributed by atoms with E-state index in [1.165, 1.54) is 6.33 Å². The molecule has 1 unspecified atom stereocenters. The monoisotopic (exact) mass is 181 g/mol. The summed E-state index contributed by atoms with van der Waals surface area (Å²) in [7, 11) is 0. The summed E-state index contributed by atoms with van der Waals surface area (Å²) in [5.74, 6) is 3.16. The molecule has 4 heteroatoms. The van der Waals surface area contributed by atoms with Crippen molar-refractivity contribution >= 4 is 17.4 Å². The molecule has 1 N–H and O–H groups in total. The molecule has 0 fully saturated rings. The lowest BCUT2D eigenvalue weighted by atomic mass is 10.3. The van der Waals surface area contributed by atoms with E-state index in [0.717, 1.165) is 0 Å². The van der Waals surface area contributed by atoms with Crippen molar-refractivity contribution < 1.29 is 0 Å². The number of halogens is 1. The summed E-state index contributed by atoms with van der Waals surface area (Å²) < 4.78 is 0. The lowest BCUT2D eigenvalue weighted by Gasteiger charge is -2.06. The Morgan fingerprint density at radius 1 is 1.67 bits per heavy atom. The van der Waals surface area contributed by atoms with Crippen LogP contribution in [0.2, 0.25) is 5.15 Å². The second-order valence-corrected chi connectivity index (χ2v) is 2.65. The highest BCUT2D eigenvalue weighted by Gasteiger charge is 1.98. The molecule has 0 aromatic carbocycles. The van der Waals surface area contributed by atoms with Gasteiger partial charge in [0.1, 0.15) is 17.3 Å². The second-order valence-electron chi connectivity index (χ2n) is 2.26. The van der Waals surface area contributed by atoms with Gasteiger partial charge in [0.2, 0.25) is 0 Å². The Hall–Kier alpha value is -1.27. The maximum absolute atomic E-state index is 5.63. The maximum Gasteiger partial charge on any atom is 0.134 e. The first-order chi connectivity index (χ1) is 5.72. The number of aromatic nitrogens is 2. The Bertz CT molecular complexity index is 305. The van der Waals surface area contributed by atoms with E-state index >= 15 is 0 Å². The lowest BCUT2D eigenvalue weighted by molar-refractivity contribution is 1.00. The summed E-state index contributed by atoms with van der Waals surface area (Å²) in [4.78, 5) is 7.66. The highest BCUT2D eigenvalue weighted by atomic mass is 35.5. The molecule has 1 heterocycles. The summed E-state index contributed by atoms with van der Waals surface area (Å²) in [5, 5.41) is 3.36. The third-order valence-electron chi connectivity index (χ3n) is 1.25. The van der Waals surface area contributed by atoms with E-state index < -0.39 is 0 Å².